The summed E-state index contributed by atoms with van der Waals surface area (Å²) in [5, 5.41) is 12.3. The fraction of sp³-hybridized carbons (Fsp3) is 0.917. The molecule has 1 aliphatic rings. The molecular formula is C12H23N3O. The summed E-state index contributed by atoms with van der Waals surface area (Å²) in [6.07, 6.45) is 2.72. The molecule has 0 aliphatic heterocycles. The summed E-state index contributed by atoms with van der Waals surface area (Å²) >= 11 is 0. The second-order valence-electron chi connectivity index (χ2n) is 4.80. The molecule has 1 N–H and O–H groups in total. The molecule has 0 radical (unpaired) electrons. The summed E-state index contributed by atoms with van der Waals surface area (Å²) in [6.45, 7) is 6.45. The molecule has 0 bridgehead atoms. The van der Waals surface area contributed by atoms with Gasteiger partial charge in [0.05, 0.1) is 18.8 Å². The van der Waals surface area contributed by atoms with E-state index in [9.17, 15) is 0 Å². The minimum Gasteiger partial charge on any atom is -0.377 e. The van der Waals surface area contributed by atoms with Crippen molar-refractivity contribution in [2.45, 2.75) is 44.9 Å². The van der Waals surface area contributed by atoms with E-state index in [2.05, 4.69) is 16.3 Å². The molecule has 1 aliphatic carbocycles. The third-order valence-corrected chi connectivity index (χ3v) is 2.59. The zero-order chi connectivity index (χ0) is 12.0. The number of nitrogens with one attached hydrogen (secondary N) is 1. The fourth-order valence-electron chi connectivity index (χ4n) is 1.51. The van der Waals surface area contributed by atoms with Crippen molar-refractivity contribution in [1.29, 1.82) is 5.26 Å². The van der Waals surface area contributed by atoms with E-state index < -0.39 is 0 Å². The van der Waals surface area contributed by atoms with Gasteiger partial charge in [-0.2, -0.15) is 5.26 Å². The van der Waals surface area contributed by atoms with Crippen LogP contribution in [0.15, 0.2) is 0 Å². The standard InChI is InChI=1S/C12H23N3O/c1-10(2)16-7-6-15(3)9-12(8-13)14-11-4-5-11/h10-12,14H,4-7,9H2,1-3H3. The van der Waals surface area contributed by atoms with Crippen LogP contribution in [0.5, 0.6) is 0 Å². The molecule has 4 nitrogen and oxygen atoms in total. The third kappa shape index (κ3) is 6.06. The van der Waals surface area contributed by atoms with Crippen molar-refractivity contribution in [3.05, 3.63) is 0 Å². The number of hydrogen-bond acceptors (Lipinski definition) is 4. The first-order valence-electron chi connectivity index (χ1n) is 6.07. The number of rotatable bonds is 8. The maximum Gasteiger partial charge on any atom is 0.108 e. The minimum atomic E-state index is -0.0449. The lowest BCUT2D eigenvalue weighted by atomic mass is 10.3. The lowest BCUT2D eigenvalue weighted by Crippen LogP contribution is -2.40. The number of likely N-dealkylation sites (N-methyl/N-ethyl adjacent to an activating group) is 1. The maximum absolute atomic E-state index is 8.99. The van der Waals surface area contributed by atoms with E-state index in [-0.39, 0.29) is 12.1 Å². The molecule has 1 rings (SSSR count). The normalized spacial score (nSPS) is 17.8. The molecule has 1 fully saturated rings. The molecule has 0 amide bonds. The van der Waals surface area contributed by atoms with Crippen LogP contribution in [0.25, 0.3) is 0 Å². The van der Waals surface area contributed by atoms with E-state index in [1.807, 2.05) is 20.9 Å². The molecule has 4 heteroatoms. The molecule has 0 aromatic carbocycles. The largest absolute Gasteiger partial charge is 0.377 e. The number of hydrogen-bond donors (Lipinski definition) is 1. The van der Waals surface area contributed by atoms with Gasteiger partial charge in [0.25, 0.3) is 0 Å². The van der Waals surface area contributed by atoms with Crippen LogP contribution in [0.3, 0.4) is 0 Å². The highest BCUT2D eigenvalue weighted by Crippen LogP contribution is 2.19. The van der Waals surface area contributed by atoms with Crippen LogP contribution in [0.4, 0.5) is 0 Å². The number of nitriles is 1. The SMILES string of the molecule is CC(C)OCCN(C)CC(C#N)NC1CC1. The van der Waals surface area contributed by atoms with Crippen LogP contribution in [0, 0.1) is 11.3 Å². The number of ether oxygens (including phenoxy) is 1. The van der Waals surface area contributed by atoms with Crippen LogP contribution in [0.1, 0.15) is 26.7 Å². The van der Waals surface area contributed by atoms with Gasteiger partial charge in [-0.05, 0) is 33.7 Å². The van der Waals surface area contributed by atoms with Crippen molar-refractivity contribution >= 4 is 0 Å². The van der Waals surface area contributed by atoms with Gasteiger partial charge in [0, 0.05) is 19.1 Å². The average Bonchev–Trinajstić information content (AvgIpc) is 3.00. The van der Waals surface area contributed by atoms with Gasteiger partial charge in [0.15, 0.2) is 0 Å². The molecule has 1 atom stereocenters. The molecule has 0 heterocycles. The highest BCUT2D eigenvalue weighted by atomic mass is 16.5. The van der Waals surface area contributed by atoms with Gasteiger partial charge in [-0.15, -0.1) is 0 Å². The Balaban J connectivity index is 2.10. The van der Waals surface area contributed by atoms with E-state index >= 15 is 0 Å². The highest BCUT2D eigenvalue weighted by molar-refractivity contribution is 4.97. The Morgan fingerprint density at radius 1 is 1.50 bits per heavy atom. The van der Waals surface area contributed by atoms with Crippen molar-refractivity contribution in [2.24, 2.45) is 0 Å². The van der Waals surface area contributed by atoms with E-state index in [0.29, 0.717) is 6.04 Å². The summed E-state index contributed by atoms with van der Waals surface area (Å²) in [5.74, 6) is 0. The van der Waals surface area contributed by atoms with E-state index in [0.717, 1.165) is 19.7 Å². The smallest absolute Gasteiger partial charge is 0.108 e. The van der Waals surface area contributed by atoms with Crippen molar-refractivity contribution < 1.29 is 4.74 Å². The van der Waals surface area contributed by atoms with Crippen LogP contribution >= 0.6 is 0 Å². The zero-order valence-electron chi connectivity index (χ0n) is 10.6. The predicted molar refractivity (Wildman–Crippen MR) is 64.1 cm³/mol. The topological polar surface area (TPSA) is 48.3 Å². The zero-order valence-corrected chi connectivity index (χ0v) is 10.6. The summed E-state index contributed by atoms with van der Waals surface area (Å²) < 4.78 is 5.48. The van der Waals surface area contributed by atoms with Crippen LogP contribution in [0.2, 0.25) is 0 Å². The second-order valence-corrected chi connectivity index (χ2v) is 4.80. The monoisotopic (exact) mass is 225 g/mol. The highest BCUT2D eigenvalue weighted by Gasteiger charge is 2.24. The molecule has 0 saturated heterocycles. The van der Waals surface area contributed by atoms with Gasteiger partial charge in [0.1, 0.15) is 6.04 Å². The molecule has 1 saturated carbocycles. The first-order chi connectivity index (χ1) is 7.61. The summed E-state index contributed by atoms with van der Waals surface area (Å²) in [6, 6.07) is 2.85. The Kier molecular flexibility index (Phi) is 5.75. The van der Waals surface area contributed by atoms with Gasteiger partial charge in [-0.25, -0.2) is 0 Å². The van der Waals surface area contributed by atoms with Gasteiger partial charge in [0.2, 0.25) is 0 Å². The Bertz CT molecular complexity index is 233. The molecular weight excluding hydrogens is 202 g/mol. The van der Waals surface area contributed by atoms with Crippen LogP contribution < -0.4 is 5.32 Å². The van der Waals surface area contributed by atoms with Crippen LogP contribution in [-0.4, -0.2) is 49.8 Å². The van der Waals surface area contributed by atoms with Gasteiger partial charge >= 0.3 is 0 Å². The van der Waals surface area contributed by atoms with Crippen molar-refractivity contribution in [3.8, 4) is 6.07 Å². The minimum absolute atomic E-state index is 0.0449. The quantitative estimate of drug-likeness (QED) is 0.669. The maximum atomic E-state index is 8.99. The Labute approximate surface area is 98.6 Å². The van der Waals surface area contributed by atoms with Crippen molar-refractivity contribution in [1.82, 2.24) is 10.2 Å². The van der Waals surface area contributed by atoms with E-state index in [4.69, 9.17) is 10.00 Å². The first-order valence-corrected chi connectivity index (χ1v) is 6.07. The first kappa shape index (κ1) is 13.4. The van der Waals surface area contributed by atoms with Gasteiger partial charge < -0.3 is 9.64 Å². The number of nitrogens with zero attached hydrogens (tertiary/aromatic N) is 2. The average molecular weight is 225 g/mol. The molecule has 1 unspecified atom stereocenters. The van der Waals surface area contributed by atoms with Crippen LogP contribution in [-0.2, 0) is 4.74 Å². The Hall–Kier alpha value is -0.630. The molecule has 16 heavy (non-hydrogen) atoms. The molecule has 0 aromatic heterocycles. The van der Waals surface area contributed by atoms with Crippen molar-refractivity contribution in [2.75, 3.05) is 26.7 Å². The summed E-state index contributed by atoms with van der Waals surface area (Å²) in [5.41, 5.74) is 0. The Morgan fingerprint density at radius 3 is 2.69 bits per heavy atom. The van der Waals surface area contributed by atoms with E-state index in [1.165, 1.54) is 12.8 Å². The molecule has 0 aromatic rings. The third-order valence-electron chi connectivity index (χ3n) is 2.59. The predicted octanol–water partition coefficient (Wildman–Crippen LogP) is 0.987. The Morgan fingerprint density at radius 2 is 2.19 bits per heavy atom. The lowest BCUT2D eigenvalue weighted by Gasteiger charge is -2.21. The lowest BCUT2D eigenvalue weighted by molar-refractivity contribution is 0.0631. The molecule has 0 spiro atoms. The summed E-state index contributed by atoms with van der Waals surface area (Å²) in [4.78, 5) is 2.14. The van der Waals surface area contributed by atoms with Crippen molar-refractivity contribution in [3.63, 3.8) is 0 Å². The van der Waals surface area contributed by atoms with E-state index in [1.54, 1.807) is 0 Å². The second kappa shape index (κ2) is 6.85. The van der Waals surface area contributed by atoms with Gasteiger partial charge in [-0.3, -0.25) is 5.32 Å². The molecule has 92 valence electrons. The van der Waals surface area contributed by atoms with Gasteiger partial charge in [-0.1, -0.05) is 0 Å². The summed E-state index contributed by atoms with van der Waals surface area (Å²) in [7, 11) is 2.03. The fourth-order valence-corrected chi connectivity index (χ4v) is 1.51.